The molecule has 7 nitrogen and oxygen atoms in total. The van der Waals surface area contributed by atoms with E-state index in [4.69, 9.17) is 9.84 Å². The summed E-state index contributed by atoms with van der Waals surface area (Å²) in [5.41, 5.74) is 1.37. The summed E-state index contributed by atoms with van der Waals surface area (Å²) in [7, 11) is 0. The van der Waals surface area contributed by atoms with Crippen molar-refractivity contribution in [3.05, 3.63) is 51.3 Å². The van der Waals surface area contributed by atoms with Gasteiger partial charge in [0, 0.05) is 10.9 Å². The average Bonchev–Trinajstić information content (AvgIpc) is 2.98. The van der Waals surface area contributed by atoms with Crippen molar-refractivity contribution in [3.8, 4) is 0 Å². The average molecular weight is 362 g/mol. The van der Waals surface area contributed by atoms with Crippen LogP contribution in [0.4, 0.5) is 0 Å². The van der Waals surface area contributed by atoms with E-state index >= 15 is 0 Å². The van der Waals surface area contributed by atoms with E-state index in [0.29, 0.717) is 5.56 Å². The van der Waals surface area contributed by atoms with Gasteiger partial charge in [0.2, 0.25) is 0 Å². The molecular weight excluding hydrogens is 344 g/mol. The molecule has 0 bridgehead atoms. The van der Waals surface area contributed by atoms with E-state index in [1.54, 1.807) is 31.2 Å². The van der Waals surface area contributed by atoms with E-state index in [9.17, 15) is 14.4 Å². The SMILES string of the molecule is CCOC(=O)c1csc(=NC(C)C(=O)O)n1C(=O)c1ccc(C)cc1. The summed E-state index contributed by atoms with van der Waals surface area (Å²) < 4.78 is 6.08. The molecule has 0 saturated heterocycles. The summed E-state index contributed by atoms with van der Waals surface area (Å²) in [6.45, 7) is 5.11. The number of aromatic nitrogens is 1. The molecule has 0 radical (unpaired) electrons. The minimum absolute atomic E-state index is 0.0220. The summed E-state index contributed by atoms with van der Waals surface area (Å²) in [4.78, 5) is 40.2. The van der Waals surface area contributed by atoms with Crippen LogP contribution in [0.15, 0.2) is 34.6 Å². The van der Waals surface area contributed by atoms with Gasteiger partial charge >= 0.3 is 11.9 Å². The molecule has 2 aromatic rings. The third kappa shape index (κ3) is 4.21. The molecule has 132 valence electrons. The molecule has 1 N–H and O–H groups in total. The van der Waals surface area contributed by atoms with Crippen molar-refractivity contribution < 1.29 is 24.2 Å². The Bertz CT molecular complexity index is 864. The zero-order valence-electron chi connectivity index (χ0n) is 14.1. The number of thiazole rings is 1. The number of hydrogen-bond donors (Lipinski definition) is 1. The zero-order valence-corrected chi connectivity index (χ0v) is 14.9. The molecule has 8 heteroatoms. The monoisotopic (exact) mass is 362 g/mol. The minimum atomic E-state index is -1.12. The van der Waals surface area contributed by atoms with Gasteiger partial charge in [0.15, 0.2) is 4.80 Å². The maximum absolute atomic E-state index is 12.9. The number of rotatable bonds is 5. The molecule has 0 fully saturated rings. The van der Waals surface area contributed by atoms with Crippen molar-refractivity contribution in [1.82, 2.24) is 4.57 Å². The number of carboxylic acids is 1. The second-order valence-electron chi connectivity index (χ2n) is 5.27. The molecule has 0 aliphatic carbocycles. The molecule has 2 rings (SSSR count). The van der Waals surface area contributed by atoms with Crippen LogP contribution >= 0.6 is 11.3 Å². The van der Waals surface area contributed by atoms with Gasteiger partial charge in [-0.25, -0.2) is 19.1 Å². The Labute approximate surface area is 148 Å². The fraction of sp³-hybridized carbons (Fsp3) is 0.294. The maximum atomic E-state index is 12.9. The fourth-order valence-electron chi connectivity index (χ4n) is 1.99. The molecule has 0 aliphatic heterocycles. The molecule has 1 aromatic heterocycles. The van der Waals surface area contributed by atoms with Crippen molar-refractivity contribution in [1.29, 1.82) is 0 Å². The second-order valence-corrected chi connectivity index (χ2v) is 6.11. The Hall–Kier alpha value is -2.74. The summed E-state index contributed by atoms with van der Waals surface area (Å²) >= 11 is 1.01. The van der Waals surface area contributed by atoms with Gasteiger partial charge in [0.25, 0.3) is 5.91 Å². The van der Waals surface area contributed by atoms with E-state index in [2.05, 4.69) is 4.99 Å². The molecule has 0 saturated carbocycles. The smallest absolute Gasteiger partial charge is 0.356 e. The predicted molar refractivity (Wildman–Crippen MR) is 91.8 cm³/mol. The van der Waals surface area contributed by atoms with Crippen LogP contribution < -0.4 is 4.80 Å². The summed E-state index contributed by atoms with van der Waals surface area (Å²) in [5, 5.41) is 10.5. The van der Waals surface area contributed by atoms with Gasteiger partial charge in [-0.15, -0.1) is 11.3 Å². The molecule has 25 heavy (non-hydrogen) atoms. The highest BCUT2D eigenvalue weighted by Crippen LogP contribution is 2.11. The maximum Gasteiger partial charge on any atom is 0.356 e. The van der Waals surface area contributed by atoms with E-state index in [-0.39, 0.29) is 17.1 Å². The van der Waals surface area contributed by atoms with Crippen molar-refractivity contribution >= 4 is 29.2 Å². The third-order valence-electron chi connectivity index (χ3n) is 3.36. The molecule has 1 unspecified atom stereocenters. The van der Waals surface area contributed by atoms with Crippen molar-refractivity contribution in [2.24, 2.45) is 4.99 Å². The Morgan fingerprint density at radius 1 is 1.28 bits per heavy atom. The molecule has 1 aromatic carbocycles. The zero-order chi connectivity index (χ0) is 18.6. The Kier molecular flexibility index (Phi) is 5.87. The van der Waals surface area contributed by atoms with Crippen LogP contribution in [0.3, 0.4) is 0 Å². The third-order valence-corrected chi connectivity index (χ3v) is 4.20. The highest BCUT2D eigenvalue weighted by atomic mass is 32.1. The lowest BCUT2D eigenvalue weighted by Gasteiger charge is -2.08. The summed E-state index contributed by atoms with van der Waals surface area (Å²) in [6.07, 6.45) is 0. The number of nitrogens with zero attached hydrogens (tertiary/aromatic N) is 2. The number of hydrogen-bond acceptors (Lipinski definition) is 6. The molecule has 1 heterocycles. The van der Waals surface area contributed by atoms with Gasteiger partial charge < -0.3 is 9.84 Å². The van der Waals surface area contributed by atoms with Gasteiger partial charge in [-0.05, 0) is 32.9 Å². The molecule has 0 amide bonds. The van der Waals surface area contributed by atoms with E-state index in [1.165, 1.54) is 12.3 Å². The number of carboxylic acid groups (broad SMARTS) is 1. The van der Waals surface area contributed by atoms with Gasteiger partial charge in [-0.3, -0.25) is 4.79 Å². The quantitative estimate of drug-likeness (QED) is 0.822. The lowest BCUT2D eigenvalue weighted by Crippen LogP contribution is -2.30. The summed E-state index contributed by atoms with van der Waals surface area (Å²) in [6, 6.07) is 5.79. The van der Waals surface area contributed by atoms with Crippen LogP contribution in [0.5, 0.6) is 0 Å². The van der Waals surface area contributed by atoms with Crippen LogP contribution in [0, 0.1) is 6.92 Å². The van der Waals surface area contributed by atoms with Gasteiger partial charge in [-0.1, -0.05) is 17.7 Å². The normalized spacial score (nSPS) is 12.7. The molecule has 1 atom stereocenters. The van der Waals surface area contributed by atoms with Gasteiger partial charge in [0.1, 0.15) is 11.7 Å². The minimum Gasteiger partial charge on any atom is -0.480 e. The first-order valence-electron chi connectivity index (χ1n) is 7.60. The predicted octanol–water partition coefficient (Wildman–Crippen LogP) is 2.10. The van der Waals surface area contributed by atoms with Crippen LogP contribution in [0.2, 0.25) is 0 Å². The highest BCUT2D eigenvalue weighted by molar-refractivity contribution is 7.07. The van der Waals surface area contributed by atoms with Crippen molar-refractivity contribution in [2.75, 3.05) is 6.61 Å². The van der Waals surface area contributed by atoms with Crippen molar-refractivity contribution in [3.63, 3.8) is 0 Å². The fourth-order valence-corrected chi connectivity index (χ4v) is 2.92. The number of ether oxygens (including phenoxy) is 1. The molecular formula is C17H18N2O5S. The Morgan fingerprint density at radius 2 is 1.92 bits per heavy atom. The Balaban J connectivity index is 2.60. The number of aliphatic carboxylic acids is 1. The van der Waals surface area contributed by atoms with Crippen molar-refractivity contribution in [2.45, 2.75) is 26.8 Å². The van der Waals surface area contributed by atoms with E-state index < -0.39 is 23.9 Å². The number of benzene rings is 1. The first-order valence-corrected chi connectivity index (χ1v) is 8.48. The molecule has 0 aliphatic rings. The lowest BCUT2D eigenvalue weighted by atomic mass is 10.1. The number of esters is 1. The highest BCUT2D eigenvalue weighted by Gasteiger charge is 2.22. The second kappa shape index (κ2) is 7.89. The number of carbonyl (C=O) groups excluding carboxylic acids is 2. The largest absolute Gasteiger partial charge is 0.480 e. The van der Waals surface area contributed by atoms with E-state index in [1.807, 2.05) is 6.92 Å². The van der Waals surface area contributed by atoms with Crippen LogP contribution in [-0.2, 0) is 9.53 Å². The van der Waals surface area contributed by atoms with Gasteiger partial charge in [-0.2, -0.15) is 0 Å². The topological polar surface area (TPSA) is 98.0 Å². The number of aryl methyl sites for hydroxylation is 1. The lowest BCUT2D eigenvalue weighted by molar-refractivity contribution is -0.138. The standard InChI is InChI=1S/C17H18N2O5S/c1-4-24-16(23)13-9-25-17(18-11(3)15(21)22)19(13)14(20)12-7-5-10(2)6-8-12/h5-9,11H,4H2,1-3H3,(H,21,22). The molecule has 0 spiro atoms. The van der Waals surface area contributed by atoms with Crippen LogP contribution in [0.1, 0.15) is 40.3 Å². The van der Waals surface area contributed by atoms with Crippen LogP contribution in [0.25, 0.3) is 0 Å². The number of carbonyl (C=O) groups is 3. The first-order chi connectivity index (χ1) is 11.8. The van der Waals surface area contributed by atoms with Crippen LogP contribution in [-0.4, -0.2) is 40.2 Å². The first kappa shape index (κ1) is 18.6. The summed E-state index contributed by atoms with van der Waals surface area (Å²) in [5.74, 6) is -2.26. The van der Waals surface area contributed by atoms with E-state index in [0.717, 1.165) is 21.5 Å². The van der Waals surface area contributed by atoms with Gasteiger partial charge in [0.05, 0.1) is 6.61 Å². The Morgan fingerprint density at radius 3 is 2.48 bits per heavy atom.